The number of sulfonamides is 1. The van der Waals surface area contributed by atoms with E-state index in [0.717, 1.165) is 4.31 Å². The van der Waals surface area contributed by atoms with Crippen molar-refractivity contribution < 1.29 is 18.3 Å². The molecule has 1 aromatic rings. The van der Waals surface area contributed by atoms with Crippen LogP contribution in [0.25, 0.3) is 0 Å². The van der Waals surface area contributed by atoms with Gasteiger partial charge in [0.1, 0.15) is 6.54 Å². The summed E-state index contributed by atoms with van der Waals surface area (Å²) >= 11 is 0. The maximum absolute atomic E-state index is 12.5. The van der Waals surface area contributed by atoms with Gasteiger partial charge in [0.25, 0.3) is 0 Å². The molecular formula is C13H17N3O4S. The van der Waals surface area contributed by atoms with Crippen molar-refractivity contribution in [2.45, 2.75) is 4.90 Å². The third-order valence-corrected chi connectivity index (χ3v) is 4.55. The smallest absolute Gasteiger partial charge is 0.318 e. The standard InChI is InChI=1S/C13H17N3O4S/c1-15(2)6-7-16(10-13(17)18)21(19,20)12-5-3-4-11(8-12)9-14/h3-5,8H,6-7,10H2,1-2H3,(H,17,18). The summed E-state index contributed by atoms with van der Waals surface area (Å²) in [6.07, 6.45) is 0. The number of nitrogens with zero attached hydrogens (tertiary/aromatic N) is 3. The number of rotatable bonds is 7. The van der Waals surface area contributed by atoms with Gasteiger partial charge in [0, 0.05) is 13.1 Å². The third kappa shape index (κ3) is 4.82. The number of likely N-dealkylation sites (N-methyl/N-ethyl adjacent to an activating group) is 1. The average Bonchev–Trinajstić information content (AvgIpc) is 2.42. The maximum Gasteiger partial charge on any atom is 0.318 e. The summed E-state index contributed by atoms with van der Waals surface area (Å²) in [6.45, 7) is -0.171. The normalized spacial score (nSPS) is 11.6. The summed E-state index contributed by atoms with van der Waals surface area (Å²) in [5.41, 5.74) is 0.207. The molecule has 0 saturated carbocycles. The van der Waals surface area contributed by atoms with Crippen LogP contribution in [0.3, 0.4) is 0 Å². The molecule has 0 aliphatic rings. The molecule has 7 nitrogen and oxygen atoms in total. The first-order valence-electron chi connectivity index (χ1n) is 6.14. The first kappa shape index (κ1) is 17.1. The molecule has 0 radical (unpaired) electrons. The van der Waals surface area contributed by atoms with E-state index < -0.39 is 22.5 Å². The first-order chi connectivity index (χ1) is 9.77. The van der Waals surface area contributed by atoms with Crippen molar-refractivity contribution in [2.75, 3.05) is 33.7 Å². The summed E-state index contributed by atoms with van der Waals surface area (Å²) in [4.78, 5) is 12.6. The second-order valence-electron chi connectivity index (χ2n) is 4.68. The average molecular weight is 311 g/mol. The van der Waals surface area contributed by atoms with Gasteiger partial charge in [-0.2, -0.15) is 9.57 Å². The minimum atomic E-state index is -3.95. The fourth-order valence-electron chi connectivity index (χ4n) is 1.62. The van der Waals surface area contributed by atoms with Gasteiger partial charge in [0.05, 0.1) is 16.5 Å². The van der Waals surface area contributed by atoms with E-state index in [-0.39, 0.29) is 17.0 Å². The van der Waals surface area contributed by atoms with E-state index in [4.69, 9.17) is 10.4 Å². The number of carbonyl (C=O) groups is 1. The Labute approximate surface area is 124 Å². The molecule has 0 spiro atoms. The first-order valence-corrected chi connectivity index (χ1v) is 7.58. The van der Waals surface area contributed by atoms with E-state index in [0.29, 0.717) is 6.54 Å². The van der Waals surface area contributed by atoms with Gasteiger partial charge in [-0.15, -0.1) is 0 Å². The second kappa shape index (κ2) is 7.17. The molecule has 1 N–H and O–H groups in total. The summed E-state index contributed by atoms with van der Waals surface area (Å²) < 4.78 is 25.9. The highest BCUT2D eigenvalue weighted by Gasteiger charge is 2.26. The van der Waals surface area contributed by atoms with Gasteiger partial charge in [0.2, 0.25) is 10.0 Å². The molecule has 0 bridgehead atoms. The van der Waals surface area contributed by atoms with Gasteiger partial charge >= 0.3 is 5.97 Å². The Hall–Kier alpha value is -1.95. The molecule has 114 valence electrons. The Morgan fingerprint density at radius 1 is 1.33 bits per heavy atom. The number of carboxylic acids is 1. The number of aliphatic carboxylic acids is 1. The zero-order valence-electron chi connectivity index (χ0n) is 11.9. The van der Waals surface area contributed by atoms with E-state index in [1.165, 1.54) is 24.3 Å². The summed E-state index contributed by atoms with van der Waals surface area (Å²) in [7, 11) is -0.418. The van der Waals surface area contributed by atoms with Gasteiger partial charge in [-0.3, -0.25) is 4.79 Å². The zero-order chi connectivity index (χ0) is 16.0. The van der Waals surface area contributed by atoms with Crippen molar-refractivity contribution in [3.63, 3.8) is 0 Å². The molecule has 0 aromatic heterocycles. The maximum atomic E-state index is 12.5. The lowest BCUT2D eigenvalue weighted by atomic mass is 10.2. The van der Waals surface area contributed by atoms with Gasteiger partial charge in [-0.1, -0.05) is 6.07 Å². The molecule has 0 fully saturated rings. The molecule has 0 saturated heterocycles. The fraction of sp³-hybridized carbons (Fsp3) is 0.385. The van der Waals surface area contributed by atoms with Crippen LogP contribution in [0.15, 0.2) is 29.2 Å². The predicted molar refractivity (Wildman–Crippen MR) is 76.1 cm³/mol. The van der Waals surface area contributed by atoms with Gasteiger partial charge in [-0.05, 0) is 32.3 Å². The van der Waals surface area contributed by atoms with Crippen molar-refractivity contribution in [3.05, 3.63) is 29.8 Å². The van der Waals surface area contributed by atoms with E-state index >= 15 is 0 Å². The molecule has 0 atom stereocenters. The van der Waals surface area contributed by atoms with Crippen molar-refractivity contribution in [1.29, 1.82) is 5.26 Å². The number of hydrogen-bond donors (Lipinski definition) is 1. The molecule has 1 aromatic carbocycles. The highest BCUT2D eigenvalue weighted by molar-refractivity contribution is 7.89. The van der Waals surface area contributed by atoms with Crippen LogP contribution in [0.2, 0.25) is 0 Å². The monoisotopic (exact) mass is 311 g/mol. The molecule has 0 heterocycles. The summed E-state index contributed by atoms with van der Waals surface area (Å²) in [5, 5.41) is 17.7. The van der Waals surface area contributed by atoms with Crippen LogP contribution < -0.4 is 0 Å². The lowest BCUT2D eigenvalue weighted by Crippen LogP contribution is -2.39. The lowest BCUT2D eigenvalue weighted by Gasteiger charge is -2.22. The quantitative estimate of drug-likeness (QED) is 0.771. The fourth-order valence-corrected chi connectivity index (χ4v) is 3.05. The highest BCUT2D eigenvalue weighted by atomic mass is 32.2. The Morgan fingerprint density at radius 3 is 2.52 bits per heavy atom. The molecule has 0 aliphatic carbocycles. The number of carboxylic acid groups (broad SMARTS) is 1. The van der Waals surface area contributed by atoms with E-state index in [9.17, 15) is 13.2 Å². The Bertz CT molecular complexity index is 650. The van der Waals surface area contributed by atoms with Crippen LogP contribution in [0.4, 0.5) is 0 Å². The largest absolute Gasteiger partial charge is 0.480 e. The number of nitriles is 1. The van der Waals surface area contributed by atoms with E-state index in [2.05, 4.69) is 0 Å². The van der Waals surface area contributed by atoms with Crippen LogP contribution >= 0.6 is 0 Å². The number of hydrogen-bond acceptors (Lipinski definition) is 5. The molecule has 8 heteroatoms. The van der Waals surface area contributed by atoms with Crippen LogP contribution in [-0.4, -0.2) is 62.4 Å². The SMILES string of the molecule is CN(C)CCN(CC(=O)O)S(=O)(=O)c1cccc(C#N)c1. The van der Waals surface area contributed by atoms with E-state index in [1.54, 1.807) is 19.0 Å². The lowest BCUT2D eigenvalue weighted by molar-refractivity contribution is -0.137. The van der Waals surface area contributed by atoms with Crippen molar-refractivity contribution in [2.24, 2.45) is 0 Å². The third-order valence-electron chi connectivity index (χ3n) is 2.71. The van der Waals surface area contributed by atoms with Crippen molar-refractivity contribution in [1.82, 2.24) is 9.21 Å². The molecule has 0 aliphatic heterocycles. The summed E-state index contributed by atoms with van der Waals surface area (Å²) in [5.74, 6) is -1.23. The Morgan fingerprint density at radius 2 is 2.00 bits per heavy atom. The van der Waals surface area contributed by atoms with E-state index in [1.807, 2.05) is 6.07 Å². The molecule has 0 amide bonds. The second-order valence-corrected chi connectivity index (χ2v) is 6.61. The Kier molecular flexibility index (Phi) is 5.84. The van der Waals surface area contributed by atoms with Crippen molar-refractivity contribution in [3.8, 4) is 6.07 Å². The van der Waals surface area contributed by atoms with Crippen LogP contribution in [0, 0.1) is 11.3 Å². The van der Waals surface area contributed by atoms with Gasteiger partial charge < -0.3 is 10.0 Å². The van der Waals surface area contributed by atoms with Gasteiger partial charge in [-0.25, -0.2) is 8.42 Å². The van der Waals surface area contributed by atoms with Crippen LogP contribution in [0.5, 0.6) is 0 Å². The predicted octanol–water partition coefficient (Wildman–Crippen LogP) is 0.195. The van der Waals surface area contributed by atoms with Crippen molar-refractivity contribution >= 4 is 16.0 Å². The van der Waals surface area contributed by atoms with Gasteiger partial charge in [0.15, 0.2) is 0 Å². The molecular weight excluding hydrogens is 294 g/mol. The van der Waals surface area contributed by atoms with Crippen LogP contribution in [0.1, 0.15) is 5.56 Å². The minimum Gasteiger partial charge on any atom is -0.480 e. The summed E-state index contributed by atoms with van der Waals surface area (Å²) in [6, 6.07) is 7.39. The number of benzene rings is 1. The molecule has 0 unspecified atom stereocenters. The zero-order valence-corrected chi connectivity index (χ0v) is 12.7. The molecule has 1 rings (SSSR count). The topological polar surface area (TPSA) is 102 Å². The molecule has 21 heavy (non-hydrogen) atoms. The van der Waals surface area contributed by atoms with Crippen LogP contribution in [-0.2, 0) is 14.8 Å². The minimum absolute atomic E-state index is 0.0540. The Balaban J connectivity index is 3.13. The highest BCUT2D eigenvalue weighted by Crippen LogP contribution is 2.16.